The van der Waals surface area contributed by atoms with Crippen LogP contribution < -0.4 is 10.4 Å². The van der Waals surface area contributed by atoms with Crippen molar-refractivity contribution in [3.63, 3.8) is 0 Å². The Morgan fingerprint density at radius 1 is 0.706 bits per heavy atom. The second-order valence-corrected chi connectivity index (χ2v) is 12.9. The third-order valence-corrected chi connectivity index (χ3v) is 10.7. The number of aryl methyl sites for hydroxylation is 4. The van der Waals surface area contributed by atoms with Gasteiger partial charge in [-0.15, -0.1) is 43.6 Å². The topological polar surface area (TPSA) is 0 Å². The van der Waals surface area contributed by atoms with Crippen LogP contribution in [0, 0.1) is 33.8 Å². The van der Waals surface area contributed by atoms with Gasteiger partial charge in [0.05, 0.1) is 0 Å². The van der Waals surface area contributed by atoms with Crippen molar-refractivity contribution < 1.29 is 21.7 Å². The van der Waals surface area contributed by atoms with Crippen molar-refractivity contribution in [2.75, 3.05) is 0 Å². The number of halogens is 3. The molecule has 0 fully saturated rings. The van der Waals surface area contributed by atoms with E-state index in [0.717, 1.165) is 12.8 Å². The number of hydrogen-bond acceptors (Lipinski definition) is 0. The Morgan fingerprint density at radius 3 is 1.59 bits per heavy atom. The summed E-state index contributed by atoms with van der Waals surface area (Å²) in [5.41, 5.74) is 8.23. The zero-order chi connectivity index (χ0) is 21.3. The molecule has 0 aliphatic heterocycles. The van der Waals surface area contributed by atoms with Gasteiger partial charge in [-0.25, -0.2) is 5.20 Å². The molecule has 0 heterocycles. The molecule has 0 saturated carbocycles. The molecule has 0 unspecified atom stereocenters. The first kappa shape index (κ1) is 32.9. The molecule has 3 aromatic rings. The number of rotatable bonds is 5. The summed E-state index contributed by atoms with van der Waals surface area (Å²) >= 11 is 0. The van der Waals surface area contributed by atoms with Crippen LogP contribution in [0.5, 0.6) is 0 Å². The monoisotopic (exact) mass is 563 g/mol. The molecule has 0 radical (unpaired) electrons. The molecule has 1 aliphatic carbocycles. The van der Waals surface area contributed by atoms with Gasteiger partial charge in [0.15, 0.2) is 0 Å². The summed E-state index contributed by atoms with van der Waals surface area (Å²) in [5.74, 6) is 0. The van der Waals surface area contributed by atoms with Gasteiger partial charge in [0.1, 0.15) is 8.07 Å². The molecule has 0 atom stereocenters. The first-order chi connectivity index (χ1) is 14.4. The van der Waals surface area contributed by atoms with E-state index in [4.69, 9.17) is 0 Å². The van der Waals surface area contributed by atoms with Crippen LogP contribution in [0.4, 0.5) is 0 Å². The Morgan fingerprint density at radius 2 is 1.15 bits per heavy atom. The van der Waals surface area contributed by atoms with E-state index in [9.17, 15) is 0 Å². The maximum Gasteiger partial charge on any atom is 0.110 e. The van der Waals surface area contributed by atoms with Crippen LogP contribution in [0.3, 0.4) is 0 Å². The zero-order valence-corrected chi connectivity index (χ0v) is 25.6. The normalized spacial score (nSPS) is 12.3. The number of allylic oxidation sites excluding steroid dienone is 4. The molecule has 0 amide bonds. The Balaban J connectivity index is 0.00000272. The minimum atomic E-state index is -2.17. The maximum atomic E-state index is 3.83. The number of hydrogen-bond donors (Lipinski definition) is 0. The molecule has 0 bridgehead atoms. The SMILES string of the molecule is Cc1cc(C)cc([Si](C)(C2=[C-]CC=C2Cc2ccccc2)c2cc(C)cc(C)c2)c1.Cl.Cl.Cl.[Ti]. The Kier molecular flexibility index (Phi) is 13.4. The third kappa shape index (κ3) is 7.00. The predicted molar refractivity (Wildman–Crippen MR) is 154 cm³/mol. The summed E-state index contributed by atoms with van der Waals surface area (Å²) < 4.78 is 0. The molecule has 4 rings (SSSR count). The van der Waals surface area contributed by atoms with Crippen LogP contribution in [0.1, 0.15) is 34.2 Å². The van der Waals surface area contributed by atoms with Gasteiger partial charge in [-0.2, -0.15) is 11.6 Å². The second-order valence-electron chi connectivity index (χ2n) is 9.03. The summed E-state index contributed by atoms with van der Waals surface area (Å²) in [6.07, 6.45) is 8.14. The van der Waals surface area contributed by atoms with Gasteiger partial charge >= 0.3 is 0 Å². The summed E-state index contributed by atoms with van der Waals surface area (Å²) in [4.78, 5) is 0. The molecule has 3 aromatic carbocycles. The molecule has 0 spiro atoms. The van der Waals surface area contributed by atoms with Crippen molar-refractivity contribution in [1.82, 2.24) is 0 Å². The predicted octanol–water partition coefficient (Wildman–Crippen LogP) is 7.22. The average molecular weight is 565 g/mol. The minimum Gasteiger partial charge on any atom is -0.273 e. The van der Waals surface area contributed by atoms with Crippen LogP contribution >= 0.6 is 37.2 Å². The zero-order valence-electron chi connectivity index (χ0n) is 20.6. The standard InChI is InChI=1S/C29H31Si.3ClH.Ti/c1-21-14-22(2)17-27(16-21)30(5,28-18-23(3)15-24(4)19-28)29-13-9-12-26(29)20-25-10-7-6-8-11-25;;;;/h6-8,10-12,14-19H,9,20H2,1-5H3;3*1H;/q-1;;;;. The van der Waals surface area contributed by atoms with E-state index in [1.54, 1.807) is 0 Å². The molecule has 0 saturated heterocycles. The minimum absolute atomic E-state index is 0. The van der Waals surface area contributed by atoms with Gasteiger partial charge in [-0.3, -0.25) is 6.08 Å². The fraction of sp³-hybridized carbons (Fsp3) is 0.241. The second kappa shape index (κ2) is 13.9. The van der Waals surface area contributed by atoms with Crippen LogP contribution in [0.25, 0.3) is 0 Å². The van der Waals surface area contributed by atoms with Crippen LogP contribution in [0.2, 0.25) is 6.55 Å². The summed E-state index contributed by atoms with van der Waals surface area (Å²) in [7, 11) is -2.17. The van der Waals surface area contributed by atoms with Crippen LogP contribution in [-0.4, -0.2) is 8.07 Å². The van der Waals surface area contributed by atoms with Gasteiger partial charge < -0.3 is 0 Å². The van der Waals surface area contributed by atoms with Crippen molar-refractivity contribution in [3.05, 3.63) is 117 Å². The summed E-state index contributed by atoms with van der Waals surface area (Å²) in [6.45, 7) is 11.4. The molecule has 0 N–H and O–H groups in total. The Labute approximate surface area is 240 Å². The molecule has 0 nitrogen and oxygen atoms in total. The quantitative estimate of drug-likeness (QED) is 0.227. The van der Waals surface area contributed by atoms with Crippen molar-refractivity contribution in [2.45, 2.75) is 47.1 Å². The molecule has 180 valence electrons. The van der Waals surface area contributed by atoms with Crippen LogP contribution in [-0.2, 0) is 28.1 Å². The third-order valence-electron chi connectivity index (χ3n) is 6.28. The smallest absolute Gasteiger partial charge is 0.110 e. The fourth-order valence-corrected chi connectivity index (χ4v) is 9.21. The van der Waals surface area contributed by atoms with Gasteiger partial charge in [-0.1, -0.05) is 118 Å². The van der Waals surface area contributed by atoms with Gasteiger partial charge in [-0.05, 0) is 27.7 Å². The van der Waals surface area contributed by atoms with Crippen molar-refractivity contribution in [2.24, 2.45) is 0 Å². The molecule has 5 heteroatoms. The molecule has 1 aliphatic rings. The van der Waals surface area contributed by atoms with E-state index >= 15 is 0 Å². The Hall–Kier alpha value is -1.06. The maximum absolute atomic E-state index is 3.83. The van der Waals surface area contributed by atoms with E-state index in [2.05, 4.69) is 113 Å². The fourth-order valence-electron chi connectivity index (χ4n) is 4.95. The van der Waals surface area contributed by atoms with E-state index in [-0.39, 0.29) is 58.9 Å². The van der Waals surface area contributed by atoms with Crippen LogP contribution in [0.15, 0.2) is 83.6 Å². The van der Waals surface area contributed by atoms with Crippen molar-refractivity contribution in [1.29, 1.82) is 0 Å². The molecule has 34 heavy (non-hydrogen) atoms. The van der Waals surface area contributed by atoms with Gasteiger partial charge in [0.25, 0.3) is 0 Å². The average Bonchev–Trinajstić information content (AvgIpc) is 3.15. The van der Waals surface area contributed by atoms with Gasteiger partial charge in [0, 0.05) is 21.7 Å². The summed E-state index contributed by atoms with van der Waals surface area (Å²) in [5, 5.41) is 4.46. The van der Waals surface area contributed by atoms with E-state index in [1.165, 1.54) is 49.0 Å². The van der Waals surface area contributed by atoms with Crippen molar-refractivity contribution in [3.8, 4) is 0 Å². The molecular weight excluding hydrogens is 531 g/mol. The first-order valence-corrected chi connectivity index (χ1v) is 13.4. The van der Waals surface area contributed by atoms with E-state index in [1.807, 2.05) is 0 Å². The Bertz CT molecular complexity index is 1060. The van der Waals surface area contributed by atoms with Gasteiger partial charge in [0.2, 0.25) is 0 Å². The summed E-state index contributed by atoms with van der Waals surface area (Å²) in [6, 6.07) is 25.1. The van der Waals surface area contributed by atoms with E-state index in [0.29, 0.717) is 0 Å². The van der Waals surface area contributed by atoms with E-state index < -0.39 is 8.07 Å². The molecule has 0 aromatic heterocycles. The largest absolute Gasteiger partial charge is 0.273 e. The molecular formula is C29H34Cl3SiTi-. The number of benzene rings is 3. The first-order valence-electron chi connectivity index (χ1n) is 10.9. The van der Waals surface area contributed by atoms with Crippen molar-refractivity contribution >= 4 is 55.7 Å².